The van der Waals surface area contributed by atoms with E-state index in [4.69, 9.17) is 4.74 Å². The summed E-state index contributed by atoms with van der Waals surface area (Å²) in [7, 11) is 2.46. The Morgan fingerprint density at radius 1 is 0.923 bits per heavy atom. The summed E-state index contributed by atoms with van der Waals surface area (Å²) in [5, 5.41) is 37.1. The fourth-order valence-electron chi connectivity index (χ4n) is 5.94. The molecule has 1 atom stereocenters. The molecule has 12 heteroatoms. The van der Waals surface area contributed by atoms with Gasteiger partial charge in [0, 0.05) is 11.6 Å². The number of allylic oxidation sites excluding steroid dienone is 2. The number of aromatic amines is 1. The van der Waals surface area contributed by atoms with Crippen molar-refractivity contribution in [2.45, 2.75) is 18.3 Å². The average Bonchev–Trinajstić information content (AvgIpc) is 3.39. The molecule has 1 heterocycles. The number of methoxy groups -OCH3 is 1. The molecule has 0 saturated heterocycles. The van der Waals surface area contributed by atoms with E-state index in [2.05, 4.69) is 15.0 Å². The molecule has 1 spiro atoms. The summed E-state index contributed by atoms with van der Waals surface area (Å²) in [6, 6.07) is 3.09. The average molecular weight is 530 g/mol. The number of hydrogen-bond donors (Lipinski definition) is 4. The number of aryl methyl sites for hydroxylation is 1. The van der Waals surface area contributed by atoms with E-state index in [9.17, 15) is 39.3 Å². The number of aromatic nitrogens is 1. The lowest BCUT2D eigenvalue weighted by atomic mass is 9.76. The van der Waals surface area contributed by atoms with Gasteiger partial charge >= 0.3 is 0 Å². The van der Waals surface area contributed by atoms with Gasteiger partial charge < -0.3 is 29.9 Å². The van der Waals surface area contributed by atoms with Crippen molar-refractivity contribution in [2.24, 2.45) is 5.16 Å². The van der Waals surface area contributed by atoms with Crippen LogP contribution in [0.1, 0.15) is 64.7 Å². The van der Waals surface area contributed by atoms with Crippen LogP contribution in [0.2, 0.25) is 0 Å². The summed E-state index contributed by atoms with van der Waals surface area (Å²) in [6.07, 6.45) is 2.05. The Hall–Kier alpha value is -5.26. The van der Waals surface area contributed by atoms with Crippen molar-refractivity contribution in [3.05, 3.63) is 73.4 Å². The first-order valence-corrected chi connectivity index (χ1v) is 11.6. The minimum Gasteiger partial charge on any atom is -0.507 e. The lowest BCUT2D eigenvalue weighted by Crippen LogP contribution is -2.36. The monoisotopic (exact) mass is 530 g/mol. The first-order valence-electron chi connectivity index (χ1n) is 11.6. The molecule has 0 radical (unpaired) electrons. The Balaban J connectivity index is 1.61. The smallest absolute Gasteiger partial charge is 0.260 e. The van der Waals surface area contributed by atoms with Crippen LogP contribution < -0.4 is 5.56 Å². The molecule has 6 rings (SSSR count). The van der Waals surface area contributed by atoms with Crippen LogP contribution in [0.4, 0.5) is 0 Å². The molecular formula is C27H18N2O10. The molecule has 0 amide bonds. The maximum atomic E-state index is 14.0. The quantitative estimate of drug-likeness (QED) is 0.168. The third kappa shape index (κ3) is 2.82. The number of rotatable bonds is 3. The number of nitrogens with one attached hydrogen (secondary N) is 1. The van der Waals surface area contributed by atoms with Gasteiger partial charge in [0.25, 0.3) is 5.56 Å². The van der Waals surface area contributed by atoms with Crippen molar-refractivity contribution in [1.82, 2.24) is 4.98 Å². The maximum Gasteiger partial charge on any atom is 0.260 e. The van der Waals surface area contributed by atoms with Crippen LogP contribution >= 0.6 is 0 Å². The first-order chi connectivity index (χ1) is 18.6. The molecule has 39 heavy (non-hydrogen) atoms. The Bertz CT molecular complexity index is 1860. The van der Waals surface area contributed by atoms with E-state index in [-0.39, 0.29) is 29.5 Å². The standard InChI is InChI=1S/C27H18N2O10/c1-38-13-7-12(30)15-16(20(13)31)22(33)18-17(21(15)32)24(35)27(25(18)36)4-3-9-5-10-6-11(8-28-39-2)29-26(37)14(10)23(34)19(9)27/h5-8,32-34H,3-4H2,1-2H3,(H,29,37)/t27-/m0/s1. The topological polar surface area (TPSA) is 193 Å². The van der Waals surface area contributed by atoms with Crippen molar-refractivity contribution in [2.75, 3.05) is 14.2 Å². The number of ketones is 4. The lowest BCUT2D eigenvalue weighted by molar-refractivity contribution is 0.0790. The molecule has 4 N–H and O–H groups in total. The number of phenolic OH excluding ortho intramolecular Hbond substituents is 3. The number of Topliss-reactive ketones (excluding diaryl/α,β-unsaturated/α-hetero) is 3. The number of nitrogens with zero attached hydrogens (tertiary/aromatic N) is 1. The van der Waals surface area contributed by atoms with Gasteiger partial charge in [-0.3, -0.25) is 24.0 Å². The van der Waals surface area contributed by atoms with E-state index >= 15 is 0 Å². The fraction of sp³-hybridized carbons (Fsp3) is 0.185. The molecule has 3 aromatic rings. The Labute approximate surface area is 217 Å². The highest BCUT2D eigenvalue weighted by atomic mass is 16.6. The third-order valence-corrected chi connectivity index (χ3v) is 7.56. The number of carbonyl (C=O) groups excluding carboxylic acids is 4. The zero-order chi connectivity index (χ0) is 28.0. The summed E-state index contributed by atoms with van der Waals surface area (Å²) < 4.78 is 4.90. The molecule has 1 aromatic heterocycles. The third-order valence-electron chi connectivity index (χ3n) is 7.56. The highest BCUT2D eigenvalue weighted by Gasteiger charge is 2.61. The number of carbonyl (C=O) groups is 4. The van der Waals surface area contributed by atoms with E-state index in [1.807, 2.05) is 0 Å². The molecule has 3 aliphatic carbocycles. The van der Waals surface area contributed by atoms with Gasteiger partial charge in [-0.15, -0.1) is 0 Å². The van der Waals surface area contributed by atoms with Gasteiger partial charge in [-0.1, -0.05) is 11.2 Å². The SMILES string of the molecule is CON=Cc1cc2cc3c(c(O)c2c(=O)[nH]1)[C@@]1(CC3)C(=O)c2c(O)c3c(c(O)c2C1=O)C(=O)C(OC)=CC3=O. The molecule has 0 fully saturated rings. The predicted molar refractivity (Wildman–Crippen MR) is 133 cm³/mol. The largest absolute Gasteiger partial charge is 0.507 e. The zero-order valence-corrected chi connectivity index (χ0v) is 20.4. The van der Waals surface area contributed by atoms with Crippen LogP contribution in [0.5, 0.6) is 17.2 Å². The second-order valence-corrected chi connectivity index (χ2v) is 9.36. The number of oxime groups is 1. The molecule has 12 nitrogen and oxygen atoms in total. The van der Waals surface area contributed by atoms with Gasteiger partial charge in [0.15, 0.2) is 23.1 Å². The number of aromatic hydroxyl groups is 3. The van der Waals surface area contributed by atoms with E-state index in [0.29, 0.717) is 10.9 Å². The van der Waals surface area contributed by atoms with Gasteiger partial charge in [-0.2, -0.15) is 0 Å². The number of ether oxygens (including phenoxy) is 1. The zero-order valence-electron chi connectivity index (χ0n) is 20.4. The minimum absolute atomic E-state index is 0.130. The van der Waals surface area contributed by atoms with Crippen LogP contribution in [0.25, 0.3) is 10.8 Å². The second-order valence-electron chi connectivity index (χ2n) is 9.36. The Morgan fingerprint density at radius 2 is 1.59 bits per heavy atom. The van der Waals surface area contributed by atoms with Gasteiger partial charge in [0.2, 0.25) is 5.78 Å². The molecule has 0 aliphatic heterocycles. The van der Waals surface area contributed by atoms with E-state index in [1.54, 1.807) is 6.07 Å². The summed E-state index contributed by atoms with van der Waals surface area (Å²) in [4.78, 5) is 73.6. The normalized spacial score (nSPS) is 19.6. The van der Waals surface area contributed by atoms with E-state index in [1.165, 1.54) is 19.4 Å². The van der Waals surface area contributed by atoms with Crippen LogP contribution in [0, 0.1) is 0 Å². The van der Waals surface area contributed by atoms with Gasteiger partial charge in [-0.25, -0.2) is 0 Å². The molecule has 3 aliphatic rings. The van der Waals surface area contributed by atoms with Crippen LogP contribution in [-0.4, -0.2) is 63.9 Å². The van der Waals surface area contributed by atoms with Crippen molar-refractivity contribution >= 4 is 40.1 Å². The number of pyridine rings is 1. The molecule has 2 aromatic carbocycles. The highest BCUT2D eigenvalue weighted by molar-refractivity contribution is 6.38. The summed E-state index contributed by atoms with van der Waals surface area (Å²) >= 11 is 0. The molecular weight excluding hydrogens is 512 g/mol. The van der Waals surface area contributed by atoms with Gasteiger partial charge in [0.05, 0.1) is 46.7 Å². The van der Waals surface area contributed by atoms with Gasteiger partial charge in [-0.05, 0) is 29.9 Å². The van der Waals surface area contributed by atoms with Crippen LogP contribution in [0.3, 0.4) is 0 Å². The maximum absolute atomic E-state index is 14.0. The summed E-state index contributed by atoms with van der Waals surface area (Å²) in [6.45, 7) is 0. The number of hydrogen-bond acceptors (Lipinski definition) is 11. The minimum atomic E-state index is -2.10. The van der Waals surface area contributed by atoms with Crippen molar-refractivity contribution in [1.29, 1.82) is 0 Å². The van der Waals surface area contributed by atoms with E-state index in [0.717, 1.165) is 13.2 Å². The van der Waals surface area contributed by atoms with E-state index < -0.39 is 79.4 Å². The van der Waals surface area contributed by atoms with Gasteiger partial charge in [0.1, 0.15) is 29.8 Å². The predicted octanol–water partition coefficient (Wildman–Crippen LogP) is 1.80. The highest BCUT2D eigenvalue weighted by Crippen LogP contribution is 2.57. The molecule has 0 unspecified atom stereocenters. The van der Waals surface area contributed by atoms with Crippen LogP contribution in [0.15, 0.2) is 33.9 Å². The lowest BCUT2D eigenvalue weighted by Gasteiger charge is -2.22. The number of H-pyrrole nitrogens is 1. The molecule has 0 saturated carbocycles. The number of fused-ring (bicyclic) bond motifs is 5. The Kier molecular flexibility index (Phi) is 4.86. The summed E-state index contributed by atoms with van der Waals surface area (Å²) in [5.74, 6) is -6.69. The van der Waals surface area contributed by atoms with Crippen molar-refractivity contribution in [3.63, 3.8) is 0 Å². The number of phenols is 3. The second kappa shape index (κ2) is 7.87. The van der Waals surface area contributed by atoms with Crippen molar-refractivity contribution < 1.29 is 44.1 Å². The summed E-state index contributed by atoms with van der Waals surface area (Å²) in [5.41, 5.74) is -4.82. The molecule has 196 valence electrons. The molecule has 0 bridgehead atoms. The van der Waals surface area contributed by atoms with Crippen molar-refractivity contribution in [3.8, 4) is 17.2 Å². The first kappa shape index (κ1) is 24.1. The van der Waals surface area contributed by atoms with Crippen LogP contribution in [-0.2, 0) is 21.4 Å². The Morgan fingerprint density at radius 3 is 2.23 bits per heavy atom. The number of benzene rings is 2. The fourth-order valence-corrected chi connectivity index (χ4v) is 5.94.